The van der Waals surface area contributed by atoms with Crippen molar-refractivity contribution in [1.29, 1.82) is 0 Å². The molecule has 1 amide bonds. The van der Waals surface area contributed by atoms with Crippen molar-refractivity contribution in [2.45, 2.75) is 20.8 Å². The summed E-state index contributed by atoms with van der Waals surface area (Å²) in [5, 5.41) is 2.41. The molecule has 1 heterocycles. The second-order valence-electron chi connectivity index (χ2n) is 5.83. The van der Waals surface area contributed by atoms with Crippen LogP contribution in [0.15, 0.2) is 42.1 Å². The first-order valence-electron chi connectivity index (χ1n) is 6.76. The van der Waals surface area contributed by atoms with Gasteiger partial charge in [0.2, 0.25) is 5.91 Å². The molecular formula is C17H18N2O. The minimum absolute atomic E-state index is 0.000155. The molecule has 102 valence electrons. The van der Waals surface area contributed by atoms with E-state index in [1.165, 1.54) is 16.3 Å². The van der Waals surface area contributed by atoms with E-state index < -0.39 is 5.41 Å². The molecule has 0 spiro atoms. The Balaban J connectivity index is 2.16. The first-order valence-corrected chi connectivity index (χ1v) is 6.76. The molecule has 1 saturated heterocycles. The number of rotatable bonds is 1. The van der Waals surface area contributed by atoms with Crippen LogP contribution in [0, 0.1) is 12.3 Å². The van der Waals surface area contributed by atoms with E-state index in [1.54, 1.807) is 0 Å². The maximum atomic E-state index is 11.8. The number of hydrazine groups is 1. The number of aryl methyl sites for hydroxylation is 1. The average molecular weight is 266 g/mol. The van der Waals surface area contributed by atoms with Gasteiger partial charge >= 0.3 is 0 Å². The average Bonchev–Trinajstić information content (AvgIpc) is 2.66. The van der Waals surface area contributed by atoms with Crippen LogP contribution in [0.25, 0.3) is 16.8 Å². The normalized spacial score (nSPS) is 19.1. The van der Waals surface area contributed by atoms with E-state index in [4.69, 9.17) is 0 Å². The minimum Gasteiger partial charge on any atom is -0.302 e. The number of hydrogen-bond acceptors (Lipinski definition) is 2. The third-order valence-corrected chi connectivity index (χ3v) is 3.92. The first kappa shape index (κ1) is 12.7. The van der Waals surface area contributed by atoms with E-state index in [1.807, 2.05) is 19.9 Å². The van der Waals surface area contributed by atoms with Gasteiger partial charge in [0, 0.05) is 5.70 Å². The Morgan fingerprint density at radius 3 is 2.60 bits per heavy atom. The van der Waals surface area contributed by atoms with Crippen LogP contribution in [-0.4, -0.2) is 5.91 Å². The Morgan fingerprint density at radius 1 is 1.10 bits per heavy atom. The smallest absolute Gasteiger partial charge is 0.249 e. The van der Waals surface area contributed by atoms with Gasteiger partial charge in [-0.1, -0.05) is 42.0 Å². The lowest BCUT2D eigenvalue weighted by Crippen LogP contribution is -2.28. The lowest BCUT2D eigenvalue weighted by atomic mass is 9.88. The highest BCUT2D eigenvalue weighted by atomic mass is 16.2. The zero-order chi connectivity index (χ0) is 14.3. The zero-order valence-corrected chi connectivity index (χ0v) is 11.9. The first-order chi connectivity index (χ1) is 9.48. The van der Waals surface area contributed by atoms with Gasteiger partial charge in [-0.25, -0.2) is 0 Å². The Kier molecular flexibility index (Phi) is 2.78. The minimum atomic E-state index is -0.522. The monoisotopic (exact) mass is 266 g/mol. The van der Waals surface area contributed by atoms with Crippen molar-refractivity contribution in [3.63, 3.8) is 0 Å². The van der Waals surface area contributed by atoms with Crippen LogP contribution in [0.1, 0.15) is 25.0 Å². The highest BCUT2D eigenvalue weighted by Crippen LogP contribution is 2.31. The fraction of sp³-hybridized carbons (Fsp3) is 0.235. The second kappa shape index (κ2) is 4.37. The highest BCUT2D eigenvalue weighted by molar-refractivity contribution is 5.94. The van der Waals surface area contributed by atoms with Gasteiger partial charge in [0.05, 0.1) is 5.41 Å². The van der Waals surface area contributed by atoms with Crippen LogP contribution in [0.2, 0.25) is 0 Å². The highest BCUT2D eigenvalue weighted by Gasteiger charge is 2.37. The summed E-state index contributed by atoms with van der Waals surface area (Å²) in [5.41, 5.74) is 8.40. The second-order valence-corrected chi connectivity index (χ2v) is 5.83. The number of fused-ring (bicyclic) bond motifs is 1. The molecule has 0 atom stereocenters. The Labute approximate surface area is 118 Å². The fourth-order valence-electron chi connectivity index (χ4n) is 2.47. The summed E-state index contributed by atoms with van der Waals surface area (Å²) < 4.78 is 0. The predicted molar refractivity (Wildman–Crippen MR) is 81.7 cm³/mol. The number of benzene rings is 2. The van der Waals surface area contributed by atoms with E-state index in [0.29, 0.717) is 0 Å². The van der Waals surface area contributed by atoms with Crippen molar-refractivity contribution in [2.75, 3.05) is 0 Å². The summed E-state index contributed by atoms with van der Waals surface area (Å²) in [6.07, 6.45) is 2.06. The van der Waals surface area contributed by atoms with Gasteiger partial charge in [-0.2, -0.15) is 0 Å². The maximum absolute atomic E-state index is 11.8. The third-order valence-electron chi connectivity index (χ3n) is 3.92. The van der Waals surface area contributed by atoms with Gasteiger partial charge in [0.1, 0.15) is 0 Å². The summed E-state index contributed by atoms with van der Waals surface area (Å²) in [5.74, 6) is 0.000155. The van der Waals surface area contributed by atoms with E-state index in [-0.39, 0.29) is 5.91 Å². The topological polar surface area (TPSA) is 41.1 Å². The van der Waals surface area contributed by atoms with Gasteiger partial charge in [-0.05, 0) is 43.2 Å². The molecule has 0 aliphatic carbocycles. The van der Waals surface area contributed by atoms with Crippen molar-refractivity contribution >= 4 is 22.8 Å². The molecule has 3 rings (SSSR count). The number of hydrogen-bond donors (Lipinski definition) is 2. The van der Waals surface area contributed by atoms with E-state index in [2.05, 4.69) is 54.2 Å². The molecule has 0 radical (unpaired) electrons. The van der Waals surface area contributed by atoms with Gasteiger partial charge in [-0.15, -0.1) is 0 Å². The Bertz CT molecular complexity index is 729. The largest absolute Gasteiger partial charge is 0.302 e. The quantitative estimate of drug-likeness (QED) is 0.832. The van der Waals surface area contributed by atoms with E-state index in [9.17, 15) is 4.79 Å². The molecular weight excluding hydrogens is 248 g/mol. The van der Waals surface area contributed by atoms with Crippen LogP contribution in [0.3, 0.4) is 0 Å². The zero-order valence-electron chi connectivity index (χ0n) is 11.9. The van der Waals surface area contributed by atoms with Crippen molar-refractivity contribution in [1.82, 2.24) is 10.9 Å². The van der Waals surface area contributed by atoms with Crippen LogP contribution < -0.4 is 10.9 Å². The molecule has 2 N–H and O–H groups in total. The molecule has 1 aliphatic rings. The van der Waals surface area contributed by atoms with Crippen LogP contribution >= 0.6 is 0 Å². The number of carbonyl (C=O) groups excluding carboxylic acids is 1. The number of amides is 1. The summed E-state index contributed by atoms with van der Waals surface area (Å²) in [7, 11) is 0. The Morgan fingerprint density at radius 2 is 1.90 bits per heavy atom. The van der Waals surface area contributed by atoms with Crippen molar-refractivity contribution in [2.24, 2.45) is 5.41 Å². The maximum Gasteiger partial charge on any atom is 0.249 e. The molecule has 3 nitrogen and oxygen atoms in total. The van der Waals surface area contributed by atoms with Gasteiger partial charge in [0.25, 0.3) is 0 Å². The van der Waals surface area contributed by atoms with Crippen molar-refractivity contribution in [3.05, 3.63) is 53.2 Å². The SMILES string of the molecule is Cc1ccc2cccc(/C=C3\NNC(=O)C3(C)C)c2c1. The standard InChI is InChI=1S/C17H18N2O/c1-11-7-8-12-5-4-6-13(14(12)9-11)10-15-17(2,3)16(20)19-18-15/h4-10,18H,1-3H3,(H,19,20)/b15-10-. The molecule has 0 bridgehead atoms. The lowest BCUT2D eigenvalue weighted by Gasteiger charge is -2.15. The van der Waals surface area contributed by atoms with E-state index >= 15 is 0 Å². The Hall–Kier alpha value is -2.29. The fourth-order valence-corrected chi connectivity index (χ4v) is 2.47. The van der Waals surface area contributed by atoms with Gasteiger partial charge < -0.3 is 5.43 Å². The molecule has 2 aromatic rings. The molecule has 0 unspecified atom stereocenters. The summed E-state index contributed by atoms with van der Waals surface area (Å²) >= 11 is 0. The molecule has 1 aliphatic heterocycles. The molecule has 0 aromatic heterocycles. The summed E-state index contributed by atoms with van der Waals surface area (Å²) in [6, 6.07) is 12.6. The summed E-state index contributed by atoms with van der Waals surface area (Å²) in [4.78, 5) is 11.8. The molecule has 0 saturated carbocycles. The van der Waals surface area contributed by atoms with Crippen molar-refractivity contribution < 1.29 is 4.79 Å². The van der Waals surface area contributed by atoms with Crippen molar-refractivity contribution in [3.8, 4) is 0 Å². The number of nitrogens with one attached hydrogen (secondary N) is 2. The summed E-state index contributed by atoms with van der Waals surface area (Å²) in [6.45, 7) is 5.93. The van der Waals surface area contributed by atoms with Gasteiger partial charge in [-0.3, -0.25) is 10.2 Å². The molecule has 3 heteroatoms. The van der Waals surface area contributed by atoms with Gasteiger partial charge in [0.15, 0.2) is 0 Å². The number of carbonyl (C=O) groups is 1. The molecule has 2 aromatic carbocycles. The molecule has 20 heavy (non-hydrogen) atoms. The van der Waals surface area contributed by atoms with Crippen LogP contribution in [0.4, 0.5) is 0 Å². The predicted octanol–water partition coefficient (Wildman–Crippen LogP) is 3.15. The third kappa shape index (κ3) is 1.95. The molecule has 1 fully saturated rings. The lowest BCUT2D eigenvalue weighted by molar-refractivity contribution is -0.125. The van der Waals surface area contributed by atoms with Crippen LogP contribution in [0.5, 0.6) is 0 Å². The van der Waals surface area contributed by atoms with Crippen LogP contribution in [-0.2, 0) is 4.79 Å². The van der Waals surface area contributed by atoms with E-state index in [0.717, 1.165) is 11.3 Å².